The summed E-state index contributed by atoms with van der Waals surface area (Å²) in [7, 11) is 0. The molecule has 1 saturated carbocycles. The van der Waals surface area contributed by atoms with E-state index in [-0.39, 0.29) is 12.4 Å². The van der Waals surface area contributed by atoms with E-state index in [2.05, 4.69) is 34.3 Å². The van der Waals surface area contributed by atoms with E-state index in [1.54, 1.807) is 0 Å². The molecule has 1 aliphatic carbocycles. The number of piperazine rings is 1. The molecule has 4 heteroatoms. The fourth-order valence-corrected chi connectivity index (χ4v) is 3.72. The molecule has 1 saturated heterocycles. The summed E-state index contributed by atoms with van der Waals surface area (Å²) in [5.41, 5.74) is 3.00. The van der Waals surface area contributed by atoms with Gasteiger partial charge >= 0.3 is 0 Å². The molecule has 2 aliphatic rings. The van der Waals surface area contributed by atoms with Gasteiger partial charge in [-0.15, -0.1) is 12.4 Å². The van der Waals surface area contributed by atoms with Crippen LogP contribution in [0.2, 0.25) is 0 Å². The van der Waals surface area contributed by atoms with E-state index < -0.39 is 0 Å². The zero-order valence-corrected chi connectivity index (χ0v) is 13.2. The number of hydrogen-bond donors (Lipinski definition) is 1. The molecule has 1 N–H and O–H groups in total. The summed E-state index contributed by atoms with van der Waals surface area (Å²) in [5, 5.41) is 3.62. The average Bonchev–Trinajstić information content (AvgIpc) is 2.45. The van der Waals surface area contributed by atoms with Crippen molar-refractivity contribution in [3.63, 3.8) is 0 Å². The number of pyridine rings is 1. The largest absolute Gasteiger partial charge is 0.314 e. The molecule has 3 rings (SSSR count). The molecule has 1 aromatic heterocycles. The Morgan fingerprint density at radius 1 is 1.30 bits per heavy atom. The van der Waals surface area contributed by atoms with E-state index >= 15 is 0 Å². The van der Waals surface area contributed by atoms with E-state index in [1.165, 1.54) is 56.5 Å². The monoisotopic (exact) mass is 295 g/mol. The van der Waals surface area contributed by atoms with Crippen LogP contribution in [0.1, 0.15) is 43.4 Å². The second-order valence-electron chi connectivity index (χ2n) is 6.13. The van der Waals surface area contributed by atoms with Crippen molar-refractivity contribution in [2.75, 3.05) is 19.6 Å². The van der Waals surface area contributed by atoms with Gasteiger partial charge in [0.05, 0.1) is 0 Å². The van der Waals surface area contributed by atoms with E-state index in [4.69, 9.17) is 0 Å². The summed E-state index contributed by atoms with van der Waals surface area (Å²) in [5.74, 6) is 0. The van der Waals surface area contributed by atoms with Crippen LogP contribution in [0.15, 0.2) is 18.3 Å². The van der Waals surface area contributed by atoms with Crippen molar-refractivity contribution < 1.29 is 0 Å². The van der Waals surface area contributed by atoms with Gasteiger partial charge in [0.25, 0.3) is 0 Å². The average molecular weight is 296 g/mol. The fraction of sp³-hybridized carbons (Fsp3) is 0.688. The fourth-order valence-electron chi connectivity index (χ4n) is 3.72. The molecule has 0 unspecified atom stereocenters. The lowest BCUT2D eigenvalue weighted by Gasteiger charge is -2.50. The second-order valence-corrected chi connectivity index (χ2v) is 6.13. The lowest BCUT2D eigenvalue weighted by Crippen LogP contribution is -2.61. The van der Waals surface area contributed by atoms with Gasteiger partial charge in [0.1, 0.15) is 0 Å². The molecule has 2 heterocycles. The minimum Gasteiger partial charge on any atom is -0.314 e. The Hall–Kier alpha value is -0.640. The van der Waals surface area contributed by atoms with Crippen LogP contribution in [0.25, 0.3) is 0 Å². The first-order valence-electron chi connectivity index (χ1n) is 7.66. The van der Waals surface area contributed by atoms with Gasteiger partial charge in [0.15, 0.2) is 0 Å². The summed E-state index contributed by atoms with van der Waals surface area (Å²) in [6.07, 6.45) is 8.82. The standard InChI is InChI=1S/C16H25N3.ClH/c1-14-15(6-5-9-18-14)12-19-11-10-17-13-16(19)7-3-2-4-8-16;/h5-6,9,17H,2-4,7-8,10-13H2,1H3;1H. The van der Waals surface area contributed by atoms with Crippen LogP contribution < -0.4 is 5.32 Å². The molecule has 1 spiro atoms. The van der Waals surface area contributed by atoms with Gasteiger partial charge < -0.3 is 5.32 Å². The molecule has 0 amide bonds. The molecule has 2 fully saturated rings. The highest BCUT2D eigenvalue weighted by molar-refractivity contribution is 5.85. The first-order chi connectivity index (χ1) is 9.30. The highest BCUT2D eigenvalue weighted by atomic mass is 35.5. The molecule has 1 aliphatic heterocycles. The van der Waals surface area contributed by atoms with Crippen LogP contribution in [-0.2, 0) is 6.54 Å². The van der Waals surface area contributed by atoms with Crippen LogP contribution in [-0.4, -0.2) is 35.1 Å². The normalized spacial score (nSPS) is 22.4. The first kappa shape index (κ1) is 15.7. The van der Waals surface area contributed by atoms with Crippen LogP contribution >= 0.6 is 12.4 Å². The Balaban J connectivity index is 0.00000147. The maximum atomic E-state index is 4.44. The SMILES string of the molecule is Cc1ncccc1CN1CCNCC12CCCCC2.Cl. The molecule has 0 bridgehead atoms. The van der Waals surface area contributed by atoms with Crippen LogP contribution in [0, 0.1) is 6.92 Å². The van der Waals surface area contributed by atoms with Crippen molar-refractivity contribution in [3.8, 4) is 0 Å². The third-order valence-electron chi connectivity index (χ3n) is 4.95. The number of aromatic nitrogens is 1. The van der Waals surface area contributed by atoms with Crippen molar-refractivity contribution in [1.82, 2.24) is 15.2 Å². The lowest BCUT2D eigenvalue weighted by atomic mass is 9.79. The minimum absolute atomic E-state index is 0. The highest BCUT2D eigenvalue weighted by Gasteiger charge is 2.39. The third kappa shape index (κ3) is 3.16. The van der Waals surface area contributed by atoms with E-state index in [9.17, 15) is 0 Å². The number of hydrogen-bond acceptors (Lipinski definition) is 3. The van der Waals surface area contributed by atoms with Crippen molar-refractivity contribution in [2.24, 2.45) is 0 Å². The summed E-state index contributed by atoms with van der Waals surface area (Å²) < 4.78 is 0. The van der Waals surface area contributed by atoms with Crippen LogP contribution in [0.4, 0.5) is 0 Å². The van der Waals surface area contributed by atoms with Gasteiger partial charge in [-0.25, -0.2) is 0 Å². The highest BCUT2D eigenvalue weighted by Crippen LogP contribution is 2.35. The predicted molar refractivity (Wildman–Crippen MR) is 85.3 cm³/mol. The van der Waals surface area contributed by atoms with Gasteiger partial charge in [-0.2, -0.15) is 0 Å². The lowest BCUT2D eigenvalue weighted by molar-refractivity contribution is 0.0207. The number of aryl methyl sites for hydroxylation is 1. The maximum absolute atomic E-state index is 4.44. The summed E-state index contributed by atoms with van der Waals surface area (Å²) in [6.45, 7) is 6.67. The Labute approximate surface area is 128 Å². The molecule has 0 aromatic carbocycles. The van der Waals surface area contributed by atoms with Crippen LogP contribution in [0.5, 0.6) is 0 Å². The number of rotatable bonds is 2. The summed E-state index contributed by atoms with van der Waals surface area (Å²) in [6, 6.07) is 4.30. The Bertz CT molecular complexity index is 421. The van der Waals surface area contributed by atoms with E-state index in [0.29, 0.717) is 5.54 Å². The first-order valence-corrected chi connectivity index (χ1v) is 7.66. The van der Waals surface area contributed by atoms with Crippen LogP contribution in [0.3, 0.4) is 0 Å². The molecule has 112 valence electrons. The predicted octanol–water partition coefficient (Wildman–Crippen LogP) is 2.92. The maximum Gasteiger partial charge on any atom is 0.0417 e. The topological polar surface area (TPSA) is 28.2 Å². The Kier molecular flexibility index (Phi) is 5.42. The Morgan fingerprint density at radius 3 is 2.85 bits per heavy atom. The molecule has 20 heavy (non-hydrogen) atoms. The third-order valence-corrected chi connectivity index (χ3v) is 4.95. The molecular weight excluding hydrogens is 270 g/mol. The number of nitrogens with zero attached hydrogens (tertiary/aromatic N) is 2. The minimum atomic E-state index is 0. The van der Waals surface area contributed by atoms with Crippen molar-refractivity contribution in [2.45, 2.75) is 51.1 Å². The number of halogens is 1. The second kappa shape index (κ2) is 6.88. The molecule has 0 atom stereocenters. The molecule has 0 radical (unpaired) electrons. The van der Waals surface area contributed by atoms with E-state index in [0.717, 1.165) is 13.1 Å². The summed E-state index contributed by atoms with van der Waals surface area (Å²) in [4.78, 5) is 7.16. The van der Waals surface area contributed by atoms with Gasteiger partial charge in [0, 0.05) is 43.6 Å². The molecule has 3 nitrogen and oxygen atoms in total. The Morgan fingerprint density at radius 2 is 2.10 bits per heavy atom. The zero-order chi connectivity index (χ0) is 13.1. The quantitative estimate of drug-likeness (QED) is 0.909. The zero-order valence-electron chi connectivity index (χ0n) is 12.4. The molecular formula is C16H26ClN3. The van der Waals surface area contributed by atoms with Crippen molar-refractivity contribution in [3.05, 3.63) is 29.6 Å². The van der Waals surface area contributed by atoms with Gasteiger partial charge in [0.2, 0.25) is 0 Å². The molecule has 1 aromatic rings. The van der Waals surface area contributed by atoms with Crippen molar-refractivity contribution >= 4 is 12.4 Å². The number of nitrogens with one attached hydrogen (secondary N) is 1. The van der Waals surface area contributed by atoms with Gasteiger partial charge in [-0.3, -0.25) is 9.88 Å². The summed E-state index contributed by atoms with van der Waals surface area (Å²) >= 11 is 0. The van der Waals surface area contributed by atoms with Crippen molar-refractivity contribution in [1.29, 1.82) is 0 Å². The van der Waals surface area contributed by atoms with E-state index in [1.807, 2.05) is 6.20 Å². The van der Waals surface area contributed by atoms with Gasteiger partial charge in [-0.05, 0) is 31.4 Å². The van der Waals surface area contributed by atoms with Gasteiger partial charge in [-0.1, -0.05) is 25.3 Å². The smallest absolute Gasteiger partial charge is 0.0417 e.